The predicted octanol–water partition coefficient (Wildman–Crippen LogP) is 4.54. The van der Waals surface area contributed by atoms with E-state index in [1.807, 2.05) is 89.1 Å². The number of likely N-dealkylation sites (N-methyl/N-ethyl adjacent to an activating group) is 2. The number of hydrogen-bond acceptors (Lipinski definition) is 16. The molecule has 0 bridgehead atoms. The molecule has 3 rings (SSSR count). The van der Waals surface area contributed by atoms with E-state index in [2.05, 4.69) is 15.6 Å². The Balaban J connectivity index is 1.55. The van der Waals surface area contributed by atoms with Crippen LogP contribution in [-0.2, 0) is 68.3 Å². The van der Waals surface area contributed by atoms with Gasteiger partial charge in [0.1, 0.15) is 17.1 Å². The van der Waals surface area contributed by atoms with Gasteiger partial charge in [0.15, 0.2) is 0 Å². The van der Waals surface area contributed by atoms with Gasteiger partial charge in [0.25, 0.3) is 0 Å². The van der Waals surface area contributed by atoms with Crippen molar-refractivity contribution in [3.8, 4) is 0 Å². The molecule has 1 saturated heterocycles. The molecular weight excluding hydrogens is 1010 g/mol. The molecule has 0 aliphatic carbocycles. The van der Waals surface area contributed by atoms with Crippen LogP contribution in [0.3, 0.4) is 0 Å². The highest BCUT2D eigenvalue weighted by atomic mass is 32.1. The zero-order chi connectivity index (χ0) is 56.7. The first-order valence-electron chi connectivity index (χ1n) is 27.6. The first-order chi connectivity index (χ1) is 37.0. The summed E-state index contributed by atoms with van der Waals surface area (Å²) in [5.41, 5.74) is 6.45. The number of nitrogens with one attached hydrogen (secondary N) is 2. The van der Waals surface area contributed by atoms with Gasteiger partial charge in [-0.3, -0.25) is 24.0 Å². The summed E-state index contributed by atoms with van der Waals surface area (Å²) in [6, 6.07) is 6.91. The van der Waals surface area contributed by atoms with E-state index in [0.717, 1.165) is 17.0 Å². The van der Waals surface area contributed by atoms with Crippen molar-refractivity contribution in [3.05, 3.63) is 52.5 Å². The third kappa shape index (κ3) is 22.8. The summed E-state index contributed by atoms with van der Waals surface area (Å²) in [6.45, 7) is 19.2. The molecule has 0 unspecified atom stereocenters. The second-order valence-corrected chi connectivity index (χ2v) is 21.3. The highest BCUT2D eigenvalue weighted by Gasteiger charge is 2.44. The summed E-state index contributed by atoms with van der Waals surface area (Å²) < 4.78 is 45.1. The van der Waals surface area contributed by atoms with E-state index in [4.69, 9.17) is 43.6 Å². The van der Waals surface area contributed by atoms with Gasteiger partial charge >= 0.3 is 0 Å². The summed E-state index contributed by atoms with van der Waals surface area (Å²) in [6.07, 6.45) is 3.13. The minimum Gasteiger partial charge on any atom is -0.379 e. The van der Waals surface area contributed by atoms with Crippen molar-refractivity contribution in [2.75, 3.05) is 121 Å². The number of carbonyl (C=O) groups excluding carboxylic acids is 5. The van der Waals surface area contributed by atoms with Crippen LogP contribution in [0.25, 0.3) is 0 Å². The zero-order valence-corrected chi connectivity index (χ0v) is 48.9. The Labute approximate surface area is 463 Å². The lowest BCUT2D eigenvalue weighted by atomic mass is 9.89. The topological polar surface area (TPSA) is 232 Å². The zero-order valence-electron chi connectivity index (χ0n) is 48.1. The molecule has 438 valence electrons. The highest BCUT2D eigenvalue weighted by Crippen LogP contribution is 2.31. The van der Waals surface area contributed by atoms with Gasteiger partial charge in [-0.05, 0) is 42.6 Å². The number of carbonyl (C=O) groups is 5. The largest absolute Gasteiger partial charge is 0.379 e. The Morgan fingerprint density at radius 3 is 1.82 bits per heavy atom. The maximum Gasteiger partial charge on any atom is 0.245 e. The lowest BCUT2D eigenvalue weighted by Gasteiger charge is -2.41. The molecule has 2 heterocycles. The number of amides is 5. The Kier molecular flexibility index (Phi) is 32.8. The van der Waals surface area contributed by atoms with Crippen molar-refractivity contribution >= 4 is 40.9 Å². The third-order valence-electron chi connectivity index (χ3n) is 14.1. The normalized spacial score (nSPS) is 16.9. The van der Waals surface area contributed by atoms with Gasteiger partial charge in [-0.15, -0.1) is 11.3 Å². The highest BCUT2D eigenvalue weighted by molar-refractivity contribution is 7.09. The molecule has 1 aliphatic heterocycles. The Bertz CT molecular complexity index is 1950. The van der Waals surface area contributed by atoms with Crippen molar-refractivity contribution in [3.63, 3.8) is 0 Å². The van der Waals surface area contributed by atoms with Crippen molar-refractivity contribution < 1.29 is 61.9 Å². The van der Waals surface area contributed by atoms with E-state index >= 15 is 0 Å². The monoisotopic (exact) mass is 1110 g/mol. The number of aromatic nitrogens is 1. The molecule has 0 saturated carbocycles. The fraction of sp³-hybridized carbons (Fsp3) is 0.750. The van der Waals surface area contributed by atoms with Crippen LogP contribution in [0.4, 0.5) is 0 Å². The molecule has 0 radical (unpaired) electrons. The second kappa shape index (κ2) is 37.7. The maximum absolute atomic E-state index is 14.7. The number of rotatable bonds is 41. The number of nitrogens with two attached hydrogens (primary N) is 1. The van der Waals surface area contributed by atoms with Crippen LogP contribution in [0.2, 0.25) is 0 Å². The summed E-state index contributed by atoms with van der Waals surface area (Å²) >= 11 is 1.49. The first-order valence-corrected chi connectivity index (χ1v) is 28.5. The van der Waals surface area contributed by atoms with Crippen LogP contribution in [-0.4, -0.2) is 206 Å². The molecule has 9 atom stereocenters. The number of benzene rings is 1. The third-order valence-corrected chi connectivity index (χ3v) is 15.0. The van der Waals surface area contributed by atoms with E-state index in [9.17, 15) is 24.0 Å². The summed E-state index contributed by atoms with van der Waals surface area (Å²) in [7, 11) is 6.42. The van der Waals surface area contributed by atoms with Gasteiger partial charge in [0.05, 0.1) is 128 Å². The van der Waals surface area contributed by atoms with E-state index in [1.54, 1.807) is 39.4 Å². The van der Waals surface area contributed by atoms with Crippen LogP contribution in [0.1, 0.15) is 97.2 Å². The SMILES string of the molecule is CC[C@H](C)[C@@H]([C@@H](CC(=O)N1CCC[C@H]1[C@H](OC)[C@@H](C)C(=O)N[C@@H](Cc1ccccc1)c1nccs1)OC)N(C)C(=O)[C@@H](NC(=O)[C@H](C(C)C)N(C)C(=O)CCOCCOCCOCCOCCOCCOCCN)C(C)C. The van der Waals surface area contributed by atoms with Gasteiger partial charge < -0.3 is 69.0 Å². The molecule has 1 aromatic carbocycles. The number of methoxy groups -OCH3 is 2. The van der Waals surface area contributed by atoms with E-state index in [0.29, 0.717) is 98.4 Å². The Hall–Kier alpha value is -4.16. The average Bonchev–Trinajstić information content (AvgIpc) is 4.15. The predicted molar refractivity (Wildman–Crippen MR) is 296 cm³/mol. The molecule has 77 heavy (non-hydrogen) atoms. The molecule has 1 fully saturated rings. The average molecular weight is 1110 g/mol. The van der Waals surface area contributed by atoms with E-state index in [1.165, 1.54) is 16.2 Å². The molecule has 5 amide bonds. The Morgan fingerprint density at radius 2 is 1.32 bits per heavy atom. The number of nitrogens with zero attached hydrogens (tertiary/aromatic N) is 4. The fourth-order valence-corrected chi connectivity index (χ4v) is 10.4. The molecule has 21 heteroatoms. The van der Waals surface area contributed by atoms with Crippen molar-refractivity contribution in [1.82, 2.24) is 30.3 Å². The van der Waals surface area contributed by atoms with Crippen molar-refractivity contribution in [2.24, 2.45) is 29.4 Å². The quantitative estimate of drug-likeness (QED) is 0.0777. The van der Waals surface area contributed by atoms with Gasteiger partial charge in [-0.2, -0.15) is 0 Å². The van der Waals surface area contributed by atoms with Crippen LogP contribution in [0.5, 0.6) is 0 Å². The molecular formula is C56H95N7O13S. The fourth-order valence-electron chi connectivity index (χ4n) is 9.74. The molecule has 1 aliphatic rings. The smallest absolute Gasteiger partial charge is 0.245 e. The van der Waals surface area contributed by atoms with Gasteiger partial charge in [-0.1, -0.05) is 85.2 Å². The van der Waals surface area contributed by atoms with E-state index < -0.39 is 42.2 Å². The molecule has 2 aromatic rings. The second-order valence-electron chi connectivity index (χ2n) is 20.3. The maximum atomic E-state index is 14.7. The molecule has 20 nitrogen and oxygen atoms in total. The van der Waals surface area contributed by atoms with Crippen molar-refractivity contribution in [1.29, 1.82) is 0 Å². The van der Waals surface area contributed by atoms with Crippen LogP contribution in [0.15, 0.2) is 41.9 Å². The number of hydrogen-bond donors (Lipinski definition) is 3. The minimum atomic E-state index is -0.942. The van der Waals surface area contributed by atoms with Crippen LogP contribution >= 0.6 is 11.3 Å². The number of thiazole rings is 1. The lowest BCUT2D eigenvalue weighted by molar-refractivity contribution is -0.148. The van der Waals surface area contributed by atoms with Gasteiger partial charge in [0.2, 0.25) is 29.5 Å². The van der Waals surface area contributed by atoms with Crippen LogP contribution in [0, 0.1) is 23.7 Å². The minimum absolute atomic E-state index is 0.0189. The van der Waals surface area contributed by atoms with Gasteiger partial charge in [-0.25, -0.2) is 4.98 Å². The summed E-state index contributed by atoms with van der Waals surface area (Å²) in [4.78, 5) is 80.2. The number of ether oxygens (including phenoxy) is 8. The first kappa shape index (κ1) is 67.1. The summed E-state index contributed by atoms with van der Waals surface area (Å²) in [5.74, 6) is -2.70. The van der Waals surface area contributed by atoms with E-state index in [-0.39, 0.29) is 79.5 Å². The standard InChI is InChI=1S/C56H95N7O13S/c1-12-41(6)51(46(69-10)38-48(65)63-23-16-19-45(63)52(70-11)42(7)53(66)59-44(55-58-22-36-77-55)37-43-17-14-13-15-18-43)62(9)56(68)49(39(2)3)60-54(67)50(40(4)5)61(8)47(64)20-24-71-26-28-73-30-32-75-34-35-76-33-31-74-29-27-72-25-21-57/h13-15,17-18,22,36,39-42,44-46,49-52H,12,16,19-21,23-35,37-38,57H2,1-11H3,(H,59,66)(H,60,67)/t41-,42+,44-,45-,46+,49-,50-,51-,52+/m0/s1. The van der Waals surface area contributed by atoms with Crippen molar-refractivity contribution in [2.45, 2.75) is 129 Å². The number of likely N-dealkylation sites (tertiary alicyclic amines) is 1. The van der Waals surface area contributed by atoms with Crippen LogP contribution < -0.4 is 16.4 Å². The van der Waals surface area contributed by atoms with Gasteiger partial charge in [0, 0.05) is 53.0 Å². The lowest BCUT2D eigenvalue weighted by Crippen LogP contribution is -2.60. The molecule has 1 aromatic heterocycles. The Morgan fingerprint density at radius 1 is 0.753 bits per heavy atom. The molecule has 4 N–H and O–H groups in total. The summed E-state index contributed by atoms with van der Waals surface area (Å²) in [5, 5.41) is 8.94. The molecule has 0 spiro atoms.